The quantitative estimate of drug-likeness (QED) is 0.421. The molecule has 0 bridgehead atoms. The number of carbonyl (C=O) groups excluding carboxylic acids is 1. The molecule has 0 aromatic heterocycles. The Labute approximate surface area is 57.8 Å². The van der Waals surface area contributed by atoms with E-state index in [4.69, 9.17) is 0 Å². The number of hydrogen-bond acceptors (Lipinski definition) is 1. The SMILES string of the molecule is C=C.CCC(C=O)CC. The molecule has 0 aliphatic carbocycles. The summed E-state index contributed by atoms with van der Waals surface area (Å²) in [7, 11) is 0. The van der Waals surface area contributed by atoms with Crippen LogP contribution in [-0.2, 0) is 4.79 Å². The lowest BCUT2D eigenvalue weighted by Gasteiger charge is -1.97. The molecule has 0 N–H and O–H groups in total. The van der Waals surface area contributed by atoms with E-state index < -0.39 is 0 Å². The third-order valence-corrected chi connectivity index (χ3v) is 1.24. The van der Waals surface area contributed by atoms with Crippen molar-refractivity contribution in [1.82, 2.24) is 0 Å². The van der Waals surface area contributed by atoms with E-state index in [9.17, 15) is 4.79 Å². The lowest BCUT2D eigenvalue weighted by molar-refractivity contribution is -0.111. The van der Waals surface area contributed by atoms with Crippen molar-refractivity contribution in [2.24, 2.45) is 5.92 Å². The number of carbonyl (C=O) groups is 1. The van der Waals surface area contributed by atoms with Crippen molar-refractivity contribution in [3.8, 4) is 0 Å². The van der Waals surface area contributed by atoms with Crippen molar-refractivity contribution >= 4 is 6.29 Å². The molecule has 0 heterocycles. The van der Waals surface area contributed by atoms with Crippen LogP contribution in [0.4, 0.5) is 0 Å². The van der Waals surface area contributed by atoms with E-state index in [1.165, 1.54) is 0 Å². The van der Waals surface area contributed by atoms with E-state index in [1.54, 1.807) is 0 Å². The first kappa shape index (κ1) is 11.2. The summed E-state index contributed by atoms with van der Waals surface area (Å²) < 4.78 is 0. The Balaban J connectivity index is 0. The van der Waals surface area contributed by atoms with Gasteiger partial charge in [-0.3, -0.25) is 0 Å². The lowest BCUT2D eigenvalue weighted by atomic mass is 10.1. The molecule has 0 saturated heterocycles. The van der Waals surface area contributed by atoms with Crippen LogP contribution in [0.1, 0.15) is 26.7 Å². The summed E-state index contributed by atoms with van der Waals surface area (Å²) in [5, 5.41) is 0. The minimum absolute atomic E-state index is 0.306. The summed E-state index contributed by atoms with van der Waals surface area (Å²) in [5.74, 6) is 0.306. The summed E-state index contributed by atoms with van der Waals surface area (Å²) in [6.45, 7) is 10.1. The van der Waals surface area contributed by atoms with Gasteiger partial charge in [-0.25, -0.2) is 0 Å². The third kappa shape index (κ3) is 7.41. The Morgan fingerprint density at radius 2 is 1.67 bits per heavy atom. The van der Waals surface area contributed by atoms with E-state index in [1.807, 2.05) is 13.8 Å². The molecule has 0 fully saturated rings. The molecule has 54 valence electrons. The summed E-state index contributed by atoms with van der Waals surface area (Å²) in [6, 6.07) is 0. The maximum atomic E-state index is 9.97. The molecular formula is C8H16O. The molecule has 1 nitrogen and oxygen atoms in total. The van der Waals surface area contributed by atoms with Crippen LogP contribution in [0, 0.1) is 5.92 Å². The van der Waals surface area contributed by atoms with Crippen molar-refractivity contribution < 1.29 is 4.79 Å². The molecule has 0 atom stereocenters. The van der Waals surface area contributed by atoms with Crippen LogP contribution in [-0.4, -0.2) is 6.29 Å². The van der Waals surface area contributed by atoms with Crippen molar-refractivity contribution in [2.75, 3.05) is 0 Å². The van der Waals surface area contributed by atoms with Crippen LogP contribution >= 0.6 is 0 Å². The Hall–Kier alpha value is -0.590. The van der Waals surface area contributed by atoms with E-state index >= 15 is 0 Å². The Morgan fingerprint density at radius 3 is 1.67 bits per heavy atom. The molecule has 0 aliphatic rings. The monoisotopic (exact) mass is 128 g/mol. The van der Waals surface area contributed by atoms with Crippen molar-refractivity contribution in [3.63, 3.8) is 0 Å². The van der Waals surface area contributed by atoms with Gasteiger partial charge in [0.1, 0.15) is 6.29 Å². The van der Waals surface area contributed by atoms with Gasteiger partial charge >= 0.3 is 0 Å². The number of hydrogen-bond donors (Lipinski definition) is 0. The van der Waals surface area contributed by atoms with Gasteiger partial charge in [-0.2, -0.15) is 0 Å². The van der Waals surface area contributed by atoms with Gasteiger partial charge in [-0.15, -0.1) is 13.2 Å². The number of aldehydes is 1. The minimum Gasteiger partial charge on any atom is -0.303 e. The standard InChI is InChI=1S/C6H12O.C2H4/c1-3-6(4-2)5-7;1-2/h5-6H,3-4H2,1-2H3;1-2H2. The normalized spacial score (nSPS) is 7.89. The van der Waals surface area contributed by atoms with Gasteiger partial charge in [-0.1, -0.05) is 13.8 Å². The minimum atomic E-state index is 0.306. The van der Waals surface area contributed by atoms with Gasteiger partial charge in [0, 0.05) is 5.92 Å². The highest BCUT2D eigenvalue weighted by molar-refractivity contribution is 5.52. The van der Waals surface area contributed by atoms with E-state index in [0.29, 0.717) is 5.92 Å². The fraction of sp³-hybridized carbons (Fsp3) is 0.625. The highest BCUT2D eigenvalue weighted by Gasteiger charge is 1.96. The first-order chi connectivity index (χ1) is 4.35. The first-order valence-electron chi connectivity index (χ1n) is 3.30. The Kier molecular flexibility index (Phi) is 13.0. The smallest absolute Gasteiger partial charge is 0.123 e. The van der Waals surface area contributed by atoms with E-state index in [0.717, 1.165) is 19.1 Å². The summed E-state index contributed by atoms with van der Waals surface area (Å²) in [5.41, 5.74) is 0. The van der Waals surface area contributed by atoms with Gasteiger partial charge in [-0.05, 0) is 12.8 Å². The molecule has 0 saturated carbocycles. The van der Waals surface area contributed by atoms with E-state index in [2.05, 4.69) is 13.2 Å². The molecule has 0 radical (unpaired) electrons. The molecule has 0 spiro atoms. The zero-order chi connectivity index (χ0) is 7.70. The third-order valence-electron chi connectivity index (χ3n) is 1.24. The van der Waals surface area contributed by atoms with Crippen molar-refractivity contribution in [2.45, 2.75) is 26.7 Å². The summed E-state index contributed by atoms with van der Waals surface area (Å²) in [4.78, 5) is 9.97. The van der Waals surface area contributed by atoms with E-state index in [-0.39, 0.29) is 0 Å². The van der Waals surface area contributed by atoms with Gasteiger partial charge in [0.2, 0.25) is 0 Å². The average molecular weight is 128 g/mol. The molecule has 0 aromatic rings. The molecule has 0 aromatic carbocycles. The second-order valence-electron chi connectivity index (χ2n) is 1.71. The van der Waals surface area contributed by atoms with Crippen LogP contribution < -0.4 is 0 Å². The molecule has 0 amide bonds. The molecule has 1 heteroatoms. The largest absolute Gasteiger partial charge is 0.303 e. The second-order valence-corrected chi connectivity index (χ2v) is 1.71. The topological polar surface area (TPSA) is 17.1 Å². The Bertz CT molecular complexity index is 55.6. The van der Waals surface area contributed by atoms with Crippen LogP contribution in [0.3, 0.4) is 0 Å². The first-order valence-corrected chi connectivity index (χ1v) is 3.30. The van der Waals surface area contributed by atoms with Gasteiger partial charge in [0.15, 0.2) is 0 Å². The molecule has 9 heavy (non-hydrogen) atoms. The molecule has 0 aliphatic heterocycles. The van der Waals surface area contributed by atoms with Crippen molar-refractivity contribution in [1.29, 1.82) is 0 Å². The van der Waals surface area contributed by atoms with Crippen LogP contribution in [0.5, 0.6) is 0 Å². The fourth-order valence-electron chi connectivity index (χ4n) is 0.481. The second kappa shape index (κ2) is 10.4. The maximum Gasteiger partial charge on any atom is 0.123 e. The van der Waals surface area contributed by atoms with Crippen LogP contribution in [0.25, 0.3) is 0 Å². The lowest BCUT2D eigenvalue weighted by Crippen LogP contribution is -1.95. The fourth-order valence-corrected chi connectivity index (χ4v) is 0.481. The highest BCUT2D eigenvalue weighted by Crippen LogP contribution is 2.01. The summed E-state index contributed by atoms with van der Waals surface area (Å²) >= 11 is 0. The molecule has 0 rings (SSSR count). The van der Waals surface area contributed by atoms with Gasteiger partial charge < -0.3 is 4.79 Å². The maximum absolute atomic E-state index is 9.97. The zero-order valence-electron chi connectivity index (χ0n) is 6.39. The van der Waals surface area contributed by atoms with Crippen molar-refractivity contribution in [3.05, 3.63) is 13.2 Å². The Morgan fingerprint density at radius 1 is 1.33 bits per heavy atom. The zero-order valence-corrected chi connectivity index (χ0v) is 6.39. The van der Waals surface area contributed by atoms with Gasteiger partial charge in [0.25, 0.3) is 0 Å². The molecule has 0 unspecified atom stereocenters. The highest BCUT2D eigenvalue weighted by atomic mass is 16.1. The predicted molar refractivity (Wildman–Crippen MR) is 41.4 cm³/mol. The van der Waals surface area contributed by atoms with Gasteiger partial charge in [0.05, 0.1) is 0 Å². The molecular weight excluding hydrogens is 112 g/mol. The van der Waals surface area contributed by atoms with Crippen LogP contribution in [0.2, 0.25) is 0 Å². The number of rotatable bonds is 3. The summed E-state index contributed by atoms with van der Waals surface area (Å²) in [6.07, 6.45) is 3.00. The average Bonchev–Trinajstić information content (AvgIpc) is 1.96. The predicted octanol–water partition coefficient (Wildman–Crippen LogP) is 2.42. The van der Waals surface area contributed by atoms with Crippen LogP contribution in [0.15, 0.2) is 13.2 Å².